The fourth-order valence-corrected chi connectivity index (χ4v) is 5.64. The average Bonchev–Trinajstić information content (AvgIpc) is 3.23. The highest BCUT2D eigenvalue weighted by Gasteiger charge is 2.29. The number of likely N-dealkylation sites (tertiary alicyclic amines) is 1. The topological polar surface area (TPSA) is 72.3 Å². The zero-order chi connectivity index (χ0) is 28.4. The molecule has 0 radical (unpaired) electrons. The van der Waals surface area contributed by atoms with Crippen molar-refractivity contribution in [2.24, 2.45) is 5.92 Å². The third kappa shape index (κ3) is 6.50. The molecule has 2 aromatic heterocycles. The molecule has 0 saturated carbocycles. The van der Waals surface area contributed by atoms with Crippen molar-refractivity contribution in [2.75, 3.05) is 18.4 Å². The summed E-state index contributed by atoms with van der Waals surface area (Å²) in [4.78, 5) is 23.9. The lowest BCUT2D eigenvalue weighted by molar-refractivity contribution is 0.0158. The first-order chi connectivity index (χ1) is 19.1. The van der Waals surface area contributed by atoms with E-state index in [-0.39, 0.29) is 17.8 Å². The van der Waals surface area contributed by atoms with Gasteiger partial charge in [0.2, 0.25) is 5.95 Å². The lowest BCUT2D eigenvalue weighted by atomic mass is 9.98. The molecule has 3 heterocycles. The highest BCUT2D eigenvalue weighted by atomic mass is 35.5. The molecule has 1 atom stereocenters. The van der Waals surface area contributed by atoms with Gasteiger partial charge in [-0.05, 0) is 75.4 Å². The molecule has 4 aromatic rings. The Balaban J connectivity index is 1.48. The normalized spacial score (nSPS) is 15.8. The molecule has 0 spiro atoms. The van der Waals surface area contributed by atoms with E-state index in [1.807, 2.05) is 51.1 Å². The summed E-state index contributed by atoms with van der Waals surface area (Å²) in [6.07, 6.45) is 3.29. The maximum Gasteiger partial charge on any atom is 0.410 e. The number of fused-ring (bicyclic) bond motifs is 1. The molecular formula is C30H32Cl2FN5O2. The molecule has 10 heteroatoms. The fourth-order valence-electron chi connectivity index (χ4n) is 5.05. The van der Waals surface area contributed by atoms with Crippen LogP contribution < -0.4 is 5.32 Å². The number of hydrogen-bond donors (Lipinski definition) is 1. The van der Waals surface area contributed by atoms with E-state index in [1.165, 1.54) is 12.1 Å². The Labute approximate surface area is 243 Å². The number of amides is 1. The van der Waals surface area contributed by atoms with Gasteiger partial charge in [-0.1, -0.05) is 41.4 Å². The molecule has 210 valence electrons. The van der Waals surface area contributed by atoms with Gasteiger partial charge in [0.25, 0.3) is 0 Å². The van der Waals surface area contributed by atoms with Crippen LogP contribution in [0.5, 0.6) is 0 Å². The van der Waals surface area contributed by atoms with E-state index in [4.69, 9.17) is 32.9 Å². The first-order valence-corrected chi connectivity index (χ1v) is 14.1. The largest absolute Gasteiger partial charge is 0.444 e. The SMILES string of the molecule is CC(C)(C)OC(=O)N1CCCC(Cn2c(-c3c(Cl)cccc3Cl)cc3cnc(NCc4cccc(F)c4)nc32)C1. The number of halogens is 3. The number of nitrogens with one attached hydrogen (secondary N) is 1. The molecule has 0 bridgehead atoms. The van der Waals surface area contributed by atoms with Crippen LogP contribution in [0.4, 0.5) is 15.1 Å². The van der Waals surface area contributed by atoms with Crippen molar-refractivity contribution in [3.8, 4) is 11.3 Å². The van der Waals surface area contributed by atoms with Crippen LogP contribution in [0.15, 0.2) is 54.7 Å². The first kappa shape index (κ1) is 28.2. The Hall–Kier alpha value is -3.36. The lowest BCUT2D eigenvalue weighted by Gasteiger charge is -2.34. The summed E-state index contributed by atoms with van der Waals surface area (Å²) in [5.74, 6) is 0.293. The zero-order valence-electron chi connectivity index (χ0n) is 22.8. The molecule has 1 aliphatic heterocycles. The van der Waals surface area contributed by atoms with Crippen LogP contribution in [0, 0.1) is 11.7 Å². The molecular weight excluding hydrogens is 552 g/mol. The van der Waals surface area contributed by atoms with E-state index in [1.54, 1.807) is 17.2 Å². The predicted octanol–water partition coefficient (Wildman–Crippen LogP) is 7.80. The van der Waals surface area contributed by atoms with Crippen molar-refractivity contribution in [3.63, 3.8) is 0 Å². The minimum absolute atomic E-state index is 0.163. The Bertz CT molecular complexity index is 1510. The molecule has 1 fully saturated rings. The standard InChI is InChI=1S/C30H32Cl2FN5O2/c1-30(2,3)40-29(39)37-12-6-8-20(17-37)18-38-25(26-23(31)10-5-11-24(26)32)14-21-16-35-28(36-27(21)38)34-15-19-7-4-9-22(33)13-19/h4-5,7,9-11,13-14,16,20H,6,8,12,15,17-18H2,1-3H3,(H,34,35,36). The number of piperidine rings is 1. The molecule has 1 amide bonds. The maximum absolute atomic E-state index is 13.6. The molecule has 1 unspecified atom stereocenters. The Morgan fingerprint density at radius 1 is 1.15 bits per heavy atom. The smallest absolute Gasteiger partial charge is 0.410 e. The number of benzene rings is 2. The number of aromatic nitrogens is 3. The molecule has 5 rings (SSSR count). The van der Waals surface area contributed by atoms with Gasteiger partial charge in [0.1, 0.15) is 17.1 Å². The van der Waals surface area contributed by atoms with Crippen LogP contribution >= 0.6 is 23.2 Å². The number of ether oxygens (including phenoxy) is 1. The van der Waals surface area contributed by atoms with Gasteiger partial charge in [-0.3, -0.25) is 0 Å². The summed E-state index contributed by atoms with van der Waals surface area (Å²) in [5, 5.41) is 5.11. The van der Waals surface area contributed by atoms with Gasteiger partial charge in [-0.15, -0.1) is 0 Å². The number of nitrogens with zero attached hydrogens (tertiary/aromatic N) is 4. The summed E-state index contributed by atoms with van der Waals surface area (Å²) >= 11 is 13.3. The highest BCUT2D eigenvalue weighted by molar-refractivity contribution is 6.39. The van der Waals surface area contributed by atoms with Gasteiger partial charge in [-0.25, -0.2) is 14.2 Å². The van der Waals surface area contributed by atoms with Crippen LogP contribution in [0.2, 0.25) is 10.0 Å². The molecule has 0 aliphatic carbocycles. The monoisotopic (exact) mass is 583 g/mol. The molecule has 40 heavy (non-hydrogen) atoms. The quantitative estimate of drug-likeness (QED) is 0.250. The number of rotatable bonds is 6. The van der Waals surface area contributed by atoms with E-state index < -0.39 is 5.60 Å². The first-order valence-electron chi connectivity index (χ1n) is 13.3. The highest BCUT2D eigenvalue weighted by Crippen LogP contribution is 2.38. The summed E-state index contributed by atoms with van der Waals surface area (Å²) in [7, 11) is 0. The lowest BCUT2D eigenvalue weighted by Crippen LogP contribution is -2.43. The van der Waals surface area contributed by atoms with Gasteiger partial charge in [-0.2, -0.15) is 4.98 Å². The van der Waals surface area contributed by atoms with Gasteiger partial charge >= 0.3 is 6.09 Å². The minimum atomic E-state index is -0.555. The Morgan fingerprint density at radius 2 is 1.90 bits per heavy atom. The van der Waals surface area contributed by atoms with Crippen molar-refractivity contribution < 1.29 is 13.9 Å². The number of anilines is 1. The number of carbonyl (C=O) groups is 1. The van der Waals surface area contributed by atoms with Gasteiger partial charge in [0.05, 0.1) is 15.7 Å². The van der Waals surface area contributed by atoms with E-state index in [0.29, 0.717) is 42.2 Å². The van der Waals surface area contributed by atoms with Crippen molar-refractivity contribution in [1.29, 1.82) is 0 Å². The maximum atomic E-state index is 13.6. The second kappa shape index (κ2) is 11.6. The molecule has 7 nitrogen and oxygen atoms in total. The Kier molecular flexibility index (Phi) is 8.19. The van der Waals surface area contributed by atoms with Gasteiger partial charge in [0, 0.05) is 43.3 Å². The van der Waals surface area contributed by atoms with E-state index in [9.17, 15) is 9.18 Å². The summed E-state index contributed by atoms with van der Waals surface area (Å²) in [5.41, 5.74) is 2.50. The van der Waals surface area contributed by atoms with Crippen LogP contribution in [0.1, 0.15) is 39.2 Å². The van der Waals surface area contributed by atoms with Gasteiger partial charge < -0.3 is 19.5 Å². The summed E-state index contributed by atoms with van der Waals surface area (Å²) in [6, 6.07) is 13.8. The molecule has 2 aromatic carbocycles. The predicted molar refractivity (Wildman–Crippen MR) is 157 cm³/mol. The van der Waals surface area contributed by atoms with Crippen molar-refractivity contribution in [3.05, 3.63) is 76.2 Å². The van der Waals surface area contributed by atoms with E-state index in [0.717, 1.165) is 40.7 Å². The van der Waals surface area contributed by atoms with Crippen LogP contribution in [0.3, 0.4) is 0 Å². The zero-order valence-corrected chi connectivity index (χ0v) is 24.3. The Morgan fingerprint density at radius 3 is 2.62 bits per heavy atom. The van der Waals surface area contributed by atoms with Gasteiger partial charge in [0.15, 0.2) is 0 Å². The third-order valence-electron chi connectivity index (χ3n) is 6.80. The third-order valence-corrected chi connectivity index (χ3v) is 7.43. The van der Waals surface area contributed by atoms with E-state index >= 15 is 0 Å². The minimum Gasteiger partial charge on any atom is -0.444 e. The summed E-state index contributed by atoms with van der Waals surface area (Å²) < 4.78 is 21.4. The number of carbonyl (C=O) groups excluding carboxylic acids is 1. The van der Waals surface area contributed by atoms with Crippen molar-refractivity contribution in [2.45, 2.75) is 52.3 Å². The fraction of sp³-hybridized carbons (Fsp3) is 0.367. The van der Waals surface area contributed by atoms with Crippen molar-refractivity contribution in [1.82, 2.24) is 19.4 Å². The van der Waals surface area contributed by atoms with Crippen LogP contribution in [-0.4, -0.2) is 44.2 Å². The molecule has 1 N–H and O–H groups in total. The molecule has 1 saturated heterocycles. The van der Waals surface area contributed by atoms with Crippen molar-refractivity contribution >= 4 is 46.3 Å². The van der Waals surface area contributed by atoms with Crippen LogP contribution in [-0.2, 0) is 17.8 Å². The number of hydrogen-bond acceptors (Lipinski definition) is 5. The van der Waals surface area contributed by atoms with E-state index in [2.05, 4.69) is 14.9 Å². The second-order valence-corrected chi connectivity index (χ2v) is 11.9. The second-order valence-electron chi connectivity index (χ2n) is 11.1. The van der Waals surface area contributed by atoms with Crippen LogP contribution in [0.25, 0.3) is 22.3 Å². The average molecular weight is 585 g/mol. The summed E-state index contributed by atoms with van der Waals surface area (Å²) in [6.45, 7) is 7.82. The molecule has 1 aliphatic rings.